The van der Waals surface area contributed by atoms with Crippen molar-refractivity contribution in [2.24, 2.45) is 0 Å². The van der Waals surface area contributed by atoms with Gasteiger partial charge in [0.05, 0.1) is 5.69 Å². The quantitative estimate of drug-likeness (QED) is 0.502. The number of allylic oxidation sites excluding steroid dienone is 1. The van der Waals surface area contributed by atoms with Crippen molar-refractivity contribution in [1.29, 1.82) is 0 Å². The number of ether oxygens (including phenoxy) is 1. The standard InChI is InChI=1S/C17H18N2O2/c1-4-8-14-16(13-9-6-5-7-10-13)19-15(18-14)11-21-17(20)12(2)3/h4-7,9-10H,1-2,8,11H2,3H3,(H,18,19). The van der Waals surface area contributed by atoms with E-state index in [1.165, 1.54) is 0 Å². The van der Waals surface area contributed by atoms with Crippen molar-refractivity contribution < 1.29 is 9.53 Å². The summed E-state index contributed by atoms with van der Waals surface area (Å²) in [6.45, 7) is 9.02. The topological polar surface area (TPSA) is 55.0 Å². The van der Waals surface area contributed by atoms with Gasteiger partial charge >= 0.3 is 5.97 Å². The number of carbonyl (C=O) groups is 1. The molecule has 108 valence electrons. The summed E-state index contributed by atoms with van der Waals surface area (Å²) in [6.07, 6.45) is 2.48. The van der Waals surface area contributed by atoms with E-state index in [1.54, 1.807) is 6.92 Å². The number of carbonyl (C=O) groups excluding carboxylic acids is 1. The smallest absolute Gasteiger partial charge is 0.333 e. The minimum absolute atomic E-state index is 0.0999. The van der Waals surface area contributed by atoms with Crippen molar-refractivity contribution in [1.82, 2.24) is 9.97 Å². The van der Waals surface area contributed by atoms with Gasteiger partial charge in [-0.1, -0.05) is 43.0 Å². The van der Waals surface area contributed by atoms with Gasteiger partial charge in [0.15, 0.2) is 0 Å². The van der Waals surface area contributed by atoms with Crippen molar-refractivity contribution >= 4 is 5.97 Å². The number of H-pyrrole nitrogens is 1. The molecular weight excluding hydrogens is 264 g/mol. The molecule has 1 aromatic heterocycles. The fourth-order valence-corrected chi connectivity index (χ4v) is 1.92. The molecule has 0 fully saturated rings. The van der Waals surface area contributed by atoms with E-state index in [9.17, 15) is 4.79 Å². The Bertz CT molecular complexity index is 657. The maximum Gasteiger partial charge on any atom is 0.333 e. The summed E-state index contributed by atoms with van der Waals surface area (Å²) in [5.74, 6) is 0.193. The van der Waals surface area contributed by atoms with Gasteiger partial charge in [-0.05, 0) is 6.92 Å². The van der Waals surface area contributed by atoms with Crippen LogP contribution in [0.5, 0.6) is 0 Å². The molecule has 0 aliphatic heterocycles. The van der Waals surface area contributed by atoms with E-state index in [1.807, 2.05) is 36.4 Å². The van der Waals surface area contributed by atoms with E-state index in [0.29, 0.717) is 17.8 Å². The largest absolute Gasteiger partial charge is 0.454 e. The molecule has 1 aromatic carbocycles. The zero-order valence-corrected chi connectivity index (χ0v) is 12.1. The molecule has 21 heavy (non-hydrogen) atoms. The lowest BCUT2D eigenvalue weighted by molar-refractivity contribution is -0.140. The molecule has 2 rings (SSSR count). The summed E-state index contributed by atoms with van der Waals surface area (Å²) in [5, 5.41) is 0. The number of rotatable bonds is 6. The maximum absolute atomic E-state index is 11.4. The van der Waals surface area contributed by atoms with Crippen LogP contribution in [0, 0.1) is 0 Å². The van der Waals surface area contributed by atoms with E-state index in [4.69, 9.17) is 4.74 Å². The predicted octanol–water partition coefficient (Wildman–Crippen LogP) is 3.42. The Morgan fingerprint density at radius 1 is 1.38 bits per heavy atom. The van der Waals surface area contributed by atoms with Crippen LogP contribution in [0.3, 0.4) is 0 Å². The number of benzene rings is 1. The first-order valence-corrected chi connectivity index (χ1v) is 6.68. The Morgan fingerprint density at radius 3 is 2.71 bits per heavy atom. The molecule has 2 aromatic rings. The molecule has 4 nitrogen and oxygen atoms in total. The Hall–Kier alpha value is -2.62. The molecular formula is C17H18N2O2. The molecule has 0 amide bonds. The molecule has 0 saturated heterocycles. The normalized spacial score (nSPS) is 10.1. The van der Waals surface area contributed by atoms with Crippen molar-refractivity contribution in [3.8, 4) is 11.3 Å². The highest BCUT2D eigenvalue weighted by Gasteiger charge is 2.12. The molecule has 0 radical (unpaired) electrons. The highest BCUT2D eigenvalue weighted by atomic mass is 16.5. The number of imidazole rings is 1. The Morgan fingerprint density at radius 2 is 2.10 bits per heavy atom. The van der Waals surface area contributed by atoms with Crippen molar-refractivity contribution in [2.45, 2.75) is 20.0 Å². The molecule has 0 saturated carbocycles. The van der Waals surface area contributed by atoms with Crippen LogP contribution in [0.4, 0.5) is 0 Å². The molecule has 0 unspecified atom stereocenters. The van der Waals surface area contributed by atoms with Crippen LogP contribution in [0.15, 0.2) is 55.1 Å². The minimum atomic E-state index is -0.419. The van der Waals surface area contributed by atoms with E-state index >= 15 is 0 Å². The fraction of sp³-hybridized carbons (Fsp3) is 0.176. The highest BCUT2D eigenvalue weighted by Crippen LogP contribution is 2.22. The third-order valence-electron chi connectivity index (χ3n) is 2.91. The zero-order valence-electron chi connectivity index (χ0n) is 12.1. The van der Waals surface area contributed by atoms with E-state index in [2.05, 4.69) is 23.1 Å². The second-order valence-electron chi connectivity index (χ2n) is 4.73. The summed E-state index contributed by atoms with van der Waals surface area (Å²) >= 11 is 0. The molecule has 0 bridgehead atoms. The van der Waals surface area contributed by atoms with Gasteiger partial charge in [0.2, 0.25) is 0 Å². The van der Waals surface area contributed by atoms with Crippen molar-refractivity contribution in [2.75, 3.05) is 0 Å². The van der Waals surface area contributed by atoms with E-state index in [-0.39, 0.29) is 6.61 Å². The van der Waals surface area contributed by atoms with Gasteiger partial charge in [-0.3, -0.25) is 0 Å². The lowest BCUT2D eigenvalue weighted by Crippen LogP contribution is -2.05. The summed E-state index contributed by atoms with van der Waals surface area (Å²) in [5.41, 5.74) is 3.20. The number of aromatic nitrogens is 2. The highest BCUT2D eigenvalue weighted by molar-refractivity contribution is 5.86. The number of hydrogen-bond donors (Lipinski definition) is 1. The molecule has 1 N–H and O–H groups in total. The average molecular weight is 282 g/mol. The monoisotopic (exact) mass is 282 g/mol. The Kier molecular flexibility index (Phi) is 4.72. The van der Waals surface area contributed by atoms with Crippen LogP contribution < -0.4 is 0 Å². The summed E-state index contributed by atoms with van der Waals surface area (Å²) in [6, 6.07) is 9.86. The van der Waals surface area contributed by atoms with Crippen LogP contribution in [0.1, 0.15) is 18.4 Å². The number of aromatic amines is 1. The molecule has 0 aliphatic carbocycles. The van der Waals surface area contributed by atoms with Gasteiger partial charge in [-0.2, -0.15) is 0 Å². The van der Waals surface area contributed by atoms with Gasteiger partial charge < -0.3 is 9.72 Å². The predicted molar refractivity (Wildman–Crippen MR) is 82.5 cm³/mol. The third-order valence-corrected chi connectivity index (χ3v) is 2.91. The van der Waals surface area contributed by atoms with Crippen LogP contribution in [-0.2, 0) is 22.6 Å². The van der Waals surface area contributed by atoms with E-state index in [0.717, 1.165) is 17.0 Å². The summed E-state index contributed by atoms with van der Waals surface area (Å²) in [4.78, 5) is 19.1. The molecule has 0 spiro atoms. The second kappa shape index (κ2) is 6.70. The van der Waals surface area contributed by atoms with Gasteiger partial charge in [-0.15, -0.1) is 6.58 Å². The number of esters is 1. The van der Waals surface area contributed by atoms with Crippen LogP contribution in [0.2, 0.25) is 0 Å². The van der Waals surface area contributed by atoms with Gasteiger partial charge in [0, 0.05) is 23.3 Å². The third kappa shape index (κ3) is 3.69. The Labute approximate surface area is 124 Å². The molecule has 0 atom stereocenters. The maximum atomic E-state index is 11.4. The summed E-state index contributed by atoms with van der Waals surface area (Å²) < 4.78 is 5.11. The average Bonchev–Trinajstić information content (AvgIpc) is 2.89. The van der Waals surface area contributed by atoms with Crippen molar-refractivity contribution in [3.05, 3.63) is 66.7 Å². The van der Waals surface area contributed by atoms with Crippen LogP contribution >= 0.6 is 0 Å². The number of nitrogens with zero attached hydrogens (tertiary/aromatic N) is 1. The lowest BCUT2D eigenvalue weighted by Gasteiger charge is -2.00. The summed E-state index contributed by atoms with van der Waals surface area (Å²) in [7, 11) is 0. The molecule has 1 heterocycles. The molecule has 0 aliphatic rings. The van der Waals surface area contributed by atoms with Crippen LogP contribution in [-0.4, -0.2) is 15.9 Å². The molecule has 4 heteroatoms. The first-order chi connectivity index (χ1) is 10.1. The van der Waals surface area contributed by atoms with Crippen molar-refractivity contribution in [3.63, 3.8) is 0 Å². The fourth-order valence-electron chi connectivity index (χ4n) is 1.92. The first kappa shape index (κ1) is 14.8. The second-order valence-corrected chi connectivity index (χ2v) is 4.73. The SMILES string of the molecule is C=CCc1[nH]c(COC(=O)C(=C)C)nc1-c1ccccc1. The van der Waals surface area contributed by atoms with E-state index < -0.39 is 5.97 Å². The van der Waals surface area contributed by atoms with Gasteiger partial charge in [0.1, 0.15) is 12.4 Å². The minimum Gasteiger partial charge on any atom is -0.454 e. The zero-order chi connectivity index (χ0) is 15.2. The number of nitrogens with one attached hydrogen (secondary N) is 1. The number of hydrogen-bond acceptors (Lipinski definition) is 3. The first-order valence-electron chi connectivity index (χ1n) is 6.68. The van der Waals surface area contributed by atoms with Crippen LogP contribution in [0.25, 0.3) is 11.3 Å². The lowest BCUT2D eigenvalue weighted by atomic mass is 10.1. The van der Waals surface area contributed by atoms with Gasteiger partial charge in [-0.25, -0.2) is 9.78 Å². The Balaban J connectivity index is 2.23. The van der Waals surface area contributed by atoms with Gasteiger partial charge in [0.25, 0.3) is 0 Å².